The standard InChI is InChI=1S/C73H50N2/c1-4-18-51(19-5-1)54-34-42-59(43-35-54)74(60-44-36-55(37-45-60)52-20-6-2-7-21-52)61-46-38-56(39-47-61)57-40-48-62(49-41-57)75(63-25-16-24-58(50-63)53-22-8-3-9-23-53)71-33-17-32-70-72(71)66-28-12-15-31-69(66)73(70)67-29-13-10-26-64(67)65-27-11-14-30-68(65)73/h1-50H. The quantitative estimate of drug-likeness (QED) is 0.135. The molecule has 2 nitrogen and oxygen atoms in total. The summed E-state index contributed by atoms with van der Waals surface area (Å²) in [6.07, 6.45) is 0. The fourth-order valence-electron chi connectivity index (χ4n) is 12.1. The third-order valence-electron chi connectivity index (χ3n) is 15.5. The zero-order valence-electron chi connectivity index (χ0n) is 41.3. The van der Waals surface area contributed by atoms with Gasteiger partial charge in [0.2, 0.25) is 0 Å². The number of hydrogen-bond donors (Lipinski definition) is 0. The van der Waals surface area contributed by atoms with Crippen LogP contribution in [0.1, 0.15) is 22.3 Å². The molecule has 352 valence electrons. The molecule has 14 rings (SSSR count). The maximum absolute atomic E-state index is 2.48. The number of rotatable bonds is 10. The van der Waals surface area contributed by atoms with E-state index in [1.807, 2.05) is 0 Å². The molecule has 0 fully saturated rings. The van der Waals surface area contributed by atoms with Crippen LogP contribution in [0.5, 0.6) is 0 Å². The van der Waals surface area contributed by atoms with Crippen molar-refractivity contribution in [2.45, 2.75) is 5.41 Å². The molecule has 2 aliphatic rings. The highest BCUT2D eigenvalue weighted by molar-refractivity contribution is 6.01. The number of fused-ring (bicyclic) bond motifs is 10. The summed E-state index contributed by atoms with van der Waals surface area (Å²) in [6, 6.07) is 111. The molecule has 0 atom stereocenters. The van der Waals surface area contributed by atoms with E-state index in [0.29, 0.717) is 0 Å². The van der Waals surface area contributed by atoms with Crippen molar-refractivity contribution in [2.75, 3.05) is 9.80 Å². The Bertz CT molecular complexity index is 3890. The molecule has 75 heavy (non-hydrogen) atoms. The Hall–Kier alpha value is -9.76. The van der Waals surface area contributed by atoms with E-state index in [0.717, 1.165) is 45.3 Å². The molecule has 1 spiro atoms. The number of hydrogen-bond acceptors (Lipinski definition) is 2. The maximum atomic E-state index is 2.48. The largest absolute Gasteiger partial charge is 0.311 e. The normalized spacial score (nSPS) is 12.4. The van der Waals surface area contributed by atoms with E-state index in [9.17, 15) is 0 Å². The molecular weight excluding hydrogens is 905 g/mol. The van der Waals surface area contributed by atoms with E-state index in [1.54, 1.807) is 0 Å². The Kier molecular flexibility index (Phi) is 10.8. The molecule has 0 bridgehead atoms. The Balaban J connectivity index is 0.865. The minimum absolute atomic E-state index is 0.449. The average Bonchev–Trinajstić information content (AvgIpc) is 4.02. The van der Waals surface area contributed by atoms with Gasteiger partial charge in [-0.1, -0.05) is 237 Å². The first-order valence-electron chi connectivity index (χ1n) is 25.9. The molecule has 0 radical (unpaired) electrons. The maximum Gasteiger partial charge on any atom is 0.0726 e. The highest BCUT2D eigenvalue weighted by atomic mass is 15.1. The predicted molar refractivity (Wildman–Crippen MR) is 314 cm³/mol. The van der Waals surface area contributed by atoms with E-state index in [1.165, 1.54) is 77.9 Å². The van der Waals surface area contributed by atoms with Crippen molar-refractivity contribution < 1.29 is 0 Å². The smallest absolute Gasteiger partial charge is 0.0726 e. The van der Waals surface area contributed by atoms with Crippen LogP contribution >= 0.6 is 0 Å². The average molecular weight is 955 g/mol. The molecular formula is C73H50N2. The van der Waals surface area contributed by atoms with Gasteiger partial charge in [0.1, 0.15) is 0 Å². The predicted octanol–water partition coefficient (Wildman–Crippen LogP) is 19.6. The van der Waals surface area contributed by atoms with Gasteiger partial charge in [-0.2, -0.15) is 0 Å². The van der Waals surface area contributed by atoms with Gasteiger partial charge in [0.25, 0.3) is 0 Å². The molecule has 2 heteroatoms. The molecule has 12 aromatic carbocycles. The van der Waals surface area contributed by atoms with Crippen molar-refractivity contribution >= 4 is 34.1 Å². The summed E-state index contributed by atoms with van der Waals surface area (Å²) in [5.74, 6) is 0. The van der Waals surface area contributed by atoms with Crippen LogP contribution in [0.2, 0.25) is 0 Å². The fraction of sp³-hybridized carbons (Fsp3) is 0.0137. The van der Waals surface area contributed by atoms with Crippen LogP contribution in [0.4, 0.5) is 34.1 Å². The summed E-state index contributed by atoms with van der Waals surface area (Å²) in [6.45, 7) is 0. The van der Waals surface area contributed by atoms with Gasteiger partial charge in [-0.15, -0.1) is 0 Å². The number of benzene rings is 12. The van der Waals surface area contributed by atoms with Crippen LogP contribution in [0.25, 0.3) is 66.8 Å². The van der Waals surface area contributed by atoms with Crippen LogP contribution < -0.4 is 9.80 Å². The second kappa shape index (κ2) is 18.4. The zero-order chi connectivity index (χ0) is 49.7. The fourth-order valence-corrected chi connectivity index (χ4v) is 12.1. The second-order valence-electron chi connectivity index (χ2n) is 19.6. The molecule has 0 aromatic heterocycles. The van der Waals surface area contributed by atoms with Gasteiger partial charge >= 0.3 is 0 Å². The van der Waals surface area contributed by atoms with Crippen molar-refractivity contribution in [2.24, 2.45) is 0 Å². The molecule has 0 saturated carbocycles. The lowest BCUT2D eigenvalue weighted by Crippen LogP contribution is -2.26. The van der Waals surface area contributed by atoms with Crippen molar-refractivity contribution in [3.63, 3.8) is 0 Å². The van der Waals surface area contributed by atoms with Gasteiger partial charge in [0.15, 0.2) is 0 Å². The number of nitrogens with zero attached hydrogens (tertiary/aromatic N) is 2. The Morgan fingerprint density at radius 1 is 0.200 bits per heavy atom. The second-order valence-corrected chi connectivity index (χ2v) is 19.6. The van der Waals surface area contributed by atoms with E-state index >= 15 is 0 Å². The summed E-state index contributed by atoms with van der Waals surface area (Å²) in [4.78, 5) is 4.83. The van der Waals surface area contributed by atoms with Gasteiger partial charge in [0, 0.05) is 34.0 Å². The molecule has 0 amide bonds. The van der Waals surface area contributed by atoms with Gasteiger partial charge < -0.3 is 9.80 Å². The lowest BCUT2D eigenvalue weighted by Gasteiger charge is -2.32. The summed E-state index contributed by atoms with van der Waals surface area (Å²) in [5, 5.41) is 0. The molecule has 12 aromatic rings. The van der Waals surface area contributed by atoms with Crippen molar-refractivity contribution in [3.05, 3.63) is 326 Å². The summed E-state index contributed by atoms with van der Waals surface area (Å²) >= 11 is 0. The Morgan fingerprint density at radius 3 is 0.973 bits per heavy atom. The minimum atomic E-state index is -0.449. The van der Waals surface area contributed by atoms with Crippen molar-refractivity contribution in [3.8, 4) is 66.8 Å². The molecule has 0 heterocycles. The topological polar surface area (TPSA) is 6.48 Å². The van der Waals surface area contributed by atoms with Gasteiger partial charge in [0.05, 0.1) is 11.1 Å². The third-order valence-corrected chi connectivity index (χ3v) is 15.5. The highest BCUT2D eigenvalue weighted by Gasteiger charge is 2.52. The molecule has 0 saturated heterocycles. The first-order valence-corrected chi connectivity index (χ1v) is 25.9. The SMILES string of the molecule is c1ccc(-c2ccc(N(c3ccc(-c4ccccc4)cc3)c3ccc(-c4ccc(N(c5cccc(-c6ccccc6)c5)c5cccc6c5-c5ccccc5C65c6ccccc6-c6ccccc65)cc4)cc3)cc2)cc1. The van der Waals surface area contributed by atoms with E-state index in [4.69, 9.17) is 0 Å². The lowest BCUT2D eigenvalue weighted by atomic mass is 9.70. The van der Waals surface area contributed by atoms with Crippen LogP contribution in [0.3, 0.4) is 0 Å². The lowest BCUT2D eigenvalue weighted by molar-refractivity contribution is 0.794. The summed E-state index contributed by atoms with van der Waals surface area (Å²) < 4.78 is 0. The monoisotopic (exact) mass is 954 g/mol. The highest BCUT2D eigenvalue weighted by Crippen LogP contribution is 2.64. The van der Waals surface area contributed by atoms with Crippen molar-refractivity contribution in [1.82, 2.24) is 0 Å². The summed E-state index contributed by atoms with van der Waals surface area (Å²) in [5.41, 5.74) is 26.1. The molecule has 2 aliphatic carbocycles. The van der Waals surface area contributed by atoms with E-state index in [2.05, 4.69) is 313 Å². The Morgan fingerprint density at radius 2 is 0.520 bits per heavy atom. The van der Waals surface area contributed by atoms with Crippen LogP contribution in [-0.2, 0) is 5.41 Å². The first kappa shape index (κ1) is 44.0. The molecule has 0 aliphatic heterocycles. The van der Waals surface area contributed by atoms with Gasteiger partial charge in [-0.3, -0.25) is 0 Å². The van der Waals surface area contributed by atoms with Crippen LogP contribution in [0, 0.1) is 0 Å². The van der Waals surface area contributed by atoms with Crippen LogP contribution in [-0.4, -0.2) is 0 Å². The van der Waals surface area contributed by atoms with E-state index < -0.39 is 5.41 Å². The number of anilines is 6. The molecule has 0 N–H and O–H groups in total. The first-order chi connectivity index (χ1) is 37.2. The van der Waals surface area contributed by atoms with Gasteiger partial charge in [-0.25, -0.2) is 0 Å². The van der Waals surface area contributed by atoms with E-state index in [-0.39, 0.29) is 0 Å². The zero-order valence-corrected chi connectivity index (χ0v) is 41.3. The third kappa shape index (κ3) is 7.41. The summed E-state index contributed by atoms with van der Waals surface area (Å²) in [7, 11) is 0. The van der Waals surface area contributed by atoms with Gasteiger partial charge in [-0.05, 0) is 150 Å². The van der Waals surface area contributed by atoms with Crippen molar-refractivity contribution in [1.29, 1.82) is 0 Å². The minimum Gasteiger partial charge on any atom is -0.311 e. The molecule has 0 unspecified atom stereocenters. The Labute approximate surface area is 439 Å². The van der Waals surface area contributed by atoms with Crippen LogP contribution in [0.15, 0.2) is 303 Å².